The van der Waals surface area contributed by atoms with Crippen molar-refractivity contribution in [3.63, 3.8) is 0 Å². The van der Waals surface area contributed by atoms with E-state index < -0.39 is 5.92 Å². The Labute approximate surface area is 164 Å². The van der Waals surface area contributed by atoms with E-state index >= 15 is 0 Å². The van der Waals surface area contributed by atoms with E-state index in [2.05, 4.69) is 4.98 Å². The number of carbonyl (C=O) groups excluding carboxylic acids is 2. The number of fused-ring (bicyclic) bond motifs is 1. The monoisotopic (exact) mass is 404 g/mol. The normalized spacial score (nSPS) is 16.9. The lowest BCUT2D eigenvalue weighted by Gasteiger charge is -2.16. The molecular weight excluding hydrogens is 391 g/mol. The molecule has 1 aromatic heterocycles. The molecule has 0 spiro atoms. The molecule has 1 atom stereocenters. The Morgan fingerprint density at radius 3 is 2.70 bits per heavy atom. The van der Waals surface area contributed by atoms with Crippen LogP contribution in [0, 0.1) is 5.92 Å². The fraction of sp³-hybridized carbons (Fsp3) is 0.211. The second-order valence-electron chi connectivity index (χ2n) is 6.23. The van der Waals surface area contributed by atoms with E-state index in [-0.39, 0.29) is 18.3 Å². The maximum absolute atomic E-state index is 12.2. The molecule has 2 aromatic carbocycles. The van der Waals surface area contributed by atoms with Gasteiger partial charge in [-0.1, -0.05) is 23.2 Å². The molecule has 4 rings (SSSR count). The molecule has 2 heterocycles. The zero-order chi connectivity index (χ0) is 19.1. The van der Waals surface area contributed by atoms with E-state index in [0.717, 1.165) is 5.56 Å². The van der Waals surface area contributed by atoms with Gasteiger partial charge >= 0.3 is 5.97 Å². The predicted octanol–water partition coefficient (Wildman–Crippen LogP) is 4.33. The first-order chi connectivity index (χ1) is 13.0. The topological polar surface area (TPSA) is 72.6 Å². The average Bonchev–Trinajstić information content (AvgIpc) is 3.25. The van der Waals surface area contributed by atoms with Crippen LogP contribution in [0.15, 0.2) is 40.8 Å². The zero-order valence-corrected chi connectivity index (χ0v) is 15.8. The quantitative estimate of drug-likeness (QED) is 0.607. The number of hydrogen-bond donors (Lipinski definition) is 0. The first-order valence-corrected chi connectivity index (χ1v) is 8.96. The highest BCUT2D eigenvalue weighted by Gasteiger charge is 2.35. The molecule has 138 valence electrons. The van der Waals surface area contributed by atoms with E-state index in [1.54, 1.807) is 41.3 Å². The van der Waals surface area contributed by atoms with Crippen molar-refractivity contribution in [3.8, 4) is 11.5 Å². The van der Waals surface area contributed by atoms with Crippen LogP contribution in [0.5, 0.6) is 0 Å². The minimum atomic E-state index is -0.439. The third kappa shape index (κ3) is 3.26. The van der Waals surface area contributed by atoms with Crippen LogP contribution in [-0.2, 0) is 14.3 Å². The van der Waals surface area contributed by atoms with Gasteiger partial charge in [-0.05, 0) is 36.4 Å². The smallest absolute Gasteiger partial charge is 0.311 e. The number of oxazole rings is 1. The summed E-state index contributed by atoms with van der Waals surface area (Å²) in [7, 11) is 1.32. The van der Waals surface area contributed by atoms with Gasteiger partial charge < -0.3 is 14.1 Å². The second-order valence-corrected chi connectivity index (χ2v) is 7.07. The number of amides is 1. The number of rotatable bonds is 3. The van der Waals surface area contributed by atoms with Gasteiger partial charge in [0.25, 0.3) is 0 Å². The molecule has 8 heteroatoms. The number of carbonyl (C=O) groups is 2. The largest absolute Gasteiger partial charge is 0.469 e. The summed E-state index contributed by atoms with van der Waals surface area (Å²) in [6, 6.07) is 10.5. The highest BCUT2D eigenvalue weighted by molar-refractivity contribution is 6.38. The molecular formula is C19H14Cl2N2O4. The number of methoxy groups -OCH3 is 1. The van der Waals surface area contributed by atoms with Gasteiger partial charge in [0.2, 0.25) is 11.8 Å². The summed E-state index contributed by atoms with van der Waals surface area (Å²) in [5.74, 6) is -0.516. The van der Waals surface area contributed by atoms with Crippen LogP contribution in [0.25, 0.3) is 22.6 Å². The van der Waals surface area contributed by atoms with Crippen LogP contribution >= 0.6 is 23.2 Å². The van der Waals surface area contributed by atoms with Crippen molar-refractivity contribution in [2.75, 3.05) is 18.6 Å². The minimum Gasteiger partial charge on any atom is -0.469 e. The predicted molar refractivity (Wildman–Crippen MR) is 102 cm³/mol. The summed E-state index contributed by atoms with van der Waals surface area (Å²) in [6.45, 7) is 0.307. The Hall–Kier alpha value is -2.57. The van der Waals surface area contributed by atoms with Crippen molar-refractivity contribution >= 4 is 51.9 Å². The van der Waals surface area contributed by atoms with Gasteiger partial charge in [-0.25, -0.2) is 4.98 Å². The lowest BCUT2D eigenvalue weighted by Crippen LogP contribution is -2.26. The number of aromatic nitrogens is 1. The standard InChI is InChI=1S/C19H14Cl2N2O4/c1-26-19(25)11-6-16(24)23(9-11)13-4-2-10(3-5-13)18-22-15-8-12(20)7-14(21)17(15)27-18/h2-5,7-8,11H,6,9H2,1H3/t11-/m1/s1. The van der Waals surface area contributed by atoms with E-state index in [0.29, 0.717) is 39.3 Å². The van der Waals surface area contributed by atoms with E-state index in [1.807, 2.05) is 0 Å². The van der Waals surface area contributed by atoms with Crippen LogP contribution < -0.4 is 4.90 Å². The number of anilines is 1. The summed E-state index contributed by atoms with van der Waals surface area (Å²) >= 11 is 12.1. The van der Waals surface area contributed by atoms with Crippen LogP contribution in [0.4, 0.5) is 5.69 Å². The molecule has 1 aliphatic rings. The van der Waals surface area contributed by atoms with E-state index in [1.165, 1.54) is 7.11 Å². The Balaban J connectivity index is 1.60. The molecule has 27 heavy (non-hydrogen) atoms. The summed E-state index contributed by atoms with van der Waals surface area (Å²) in [5, 5.41) is 0.875. The second kappa shape index (κ2) is 6.87. The van der Waals surface area contributed by atoms with Crippen molar-refractivity contribution < 1.29 is 18.7 Å². The first kappa shape index (κ1) is 17.8. The molecule has 1 amide bonds. The molecule has 0 radical (unpaired) electrons. The third-order valence-electron chi connectivity index (χ3n) is 4.49. The van der Waals surface area contributed by atoms with Gasteiger partial charge in [-0.3, -0.25) is 9.59 Å². The van der Waals surface area contributed by atoms with Crippen LogP contribution in [-0.4, -0.2) is 30.5 Å². The number of benzene rings is 2. The Bertz CT molecular complexity index is 1050. The van der Waals surface area contributed by atoms with Gasteiger partial charge in [-0.2, -0.15) is 0 Å². The summed E-state index contributed by atoms with van der Waals surface area (Å²) in [5.41, 5.74) is 2.48. The van der Waals surface area contributed by atoms with Crippen molar-refractivity contribution in [3.05, 3.63) is 46.4 Å². The molecule has 6 nitrogen and oxygen atoms in total. The number of nitrogens with zero attached hydrogens (tertiary/aromatic N) is 2. The van der Waals surface area contributed by atoms with E-state index in [9.17, 15) is 9.59 Å². The Morgan fingerprint density at radius 2 is 2.00 bits per heavy atom. The zero-order valence-electron chi connectivity index (χ0n) is 14.2. The molecule has 0 N–H and O–H groups in total. The average molecular weight is 405 g/mol. The van der Waals surface area contributed by atoms with Gasteiger partial charge in [0.15, 0.2) is 5.58 Å². The van der Waals surface area contributed by atoms with Gasteiger partial charge in [0.1, 0.15) is 5.52 Å². The fourth-order valence-corrected chi connectivity index (χ4v) is 3.67. The molecule has 1 saturated heterocycles. The minimum absolute atomic E-state index is 0.110. The summed E-state index contributed by atoms with van der Waals surface area (Å²) in [4.78, 5) is 29.9. The summed E-state index contributed by atoms with van der Waals surface area (Å²) in [6.07, 6.45) is 0.152. The fourth-order valence-electron chi connectivity index (χ4n) is 3.15. The number of hydrogen-bond acceptors (Lipinski definition) is 5. The van der Waals surface area contributed by atoms with Crippen LogP contribution in [0.2, 0.25) is 10.0 Å². The molecule has 0 saturated carbocycles. The lowest BCUT2D eigenvalue weighted by atomic mass is 10.1. The summed E-state index contributed by atoms with van der Waals surface area (Å²) < 4.78 is 10.5. The van der Waals surface area contributed by atoms with Crippen molar-refractivity contribution in [1.29, 1.82) is 0 Å². The van der Waals surface area contributed by atoms with Crippen molar-refractivity contribution in [1.82, 2.24) is 4.98 Å². The number of ether oxygens (including phenoxy) is 1. The molecule has 1 aliphatic heterocycles. The SMILES string of the molecule is COC(=O)[C@@H]1CC(=O)N(c2ccc(-c3nc4cc(Cl)cc(Cl)c4o3)cc2)C1. The van der Waals surface area contributed by atoms with E-state index in [4.69, 9.17) is 32.4 Å². The van der Waals surface area contributed by atoms with Gasteiger partial charge in [0, 0.05) is 29.2 Å². The number of halogens is 2. The molecule has 3 aromatic rings. The molecule has 0 bridgehead atoms. The molecule has 0 aliphatic carbocycles. The number of esters is 1. The highest BCUT2D eigenvalue weighted by Crippen LogP contribution is 2.33. The van der Waals surface area contributed by atoms with Crippen LogP contribution in [0.3, 0.4) is 0 Å². The van der Waals surface area contributed by atoms with Crippen molar-refractivity contribution in [2.45, 2.75) is 6.42 Å². The molecule has 1 fully saturated rings. The highest BCUT2D eigenvalue weighted by atomic mass is 35.5. The lowest BCUT2D eigenvalue weighted by molar-refractivity contribution is -0.145. The van der Waals surface area contributed by atoms with Gasteiger partial charge in [-0.15, -0.1) is 0 Å². The van der Waals surface area contributed by atoms with Gasteiger partial charge in [0.05, 0.1) is 18.1 Å². The maximum atomic E-state index is 12.2. The Kier molecular flexibility index (Phi) is 4.53. The van der Waals surface area contributed by atoms with Crippen molar-refractivity contribution in [2.24, 2.45) is 5.92 Å². The maximum Gasteiger partial charge on any atom is 0.311 e. The first-order valence-electron chi connectivity index (χ1n) is 8.20. The Morgan fingerprint density at radius 1 is 1.26 bits per heavy atom. The van der Waals surface area contributed by atoms with Crippen LogP contribution in [0.1, 0.15) is 6.42 Å². The third-order valence-corrected chi connectivity index (χ3v) is 4.99. The molecule has 0 unspecified atom stereocenters.